The topological polar surface area (TPSA) is 191 Å². The quantitative estimate of drug-likeness (QED) is 0.0609. The molecule has 242 valence electrons. The van der Waals surface area contributed by atoms with Gasteiger partial charge >= 0.3 is 35.5 Å². The van der Waals surface area contributed by atoms with Crippen LogP contribution in [0.4, 0.5) is 0 Å². The molecule has 0 aromatic rings. The van der Waals surface area contributed by atoms with E-state index in [9.17, 15) is 36.9 Å². The van der Waals surface area contributed by atoms with Crippen LogP contribution in [0.15, 0.2) is 12.4 Å². The van der Waals surface area contributed by atoms with Crippen molar-refractivity contribution in [1.29, 1.82) is 0 Å². The second kappa shape index (κ2) is 19.1. The summed E-state index contributed by atoms with van der Waals surface area (Å²) in [6.07, 6.45) is 8.47. The summed E-state index contributed by atoms with van der Waals surface area (Å²) in [5.74, 6) is -0.997. The maximum atomic E-state index is 12.1. The van der Waals surface area contributed by atoms with Crippen LogP contribution in [0.5, 0.6) is 0 Å². The SMILES string of the molecule is C=C1NC2CSC(CCCCC(=O)NCCCCCC(=O)CCCCCCC(=O)ON3C(=O)CC(S(=O)(=O)[O-])C3=O)C2N1.[Na+]. The molecule has 3 N–H and O–H groups in total. The number of hydrogen-bond donors (Lipinski definition) is 3. The molecule has 4 unspecified atom stereocenters. The van der Waals surface area contributed by atoms with Crippen LogP contribution < -0.4 is 45.5 Å². The first-order valence-corrected chi connectivity index (χ1v) is 17.6. The predicted octanol–water partition coefficient (Wildman–Crippen LogP) is -1.22. The average molecular weight is 667 g/mol. The molecule has 16 heteroatoms. The Morgan fingerprint density at radius 2 is 1.59 bits per heavy atom. The van der Waals surface area contributed by atoms with Crippen molar-refractivity contribution in [3.05, 3.63) is 12.4 Å². The fraction of sp³-hybridized carbons (Fsp3) is 0.750. The first-order chi connectivity index (χ1) is 20.5. The summed E-state index contributed by atoms with van der Waals surface area (Å²) in [5.41, 5.74) is 0. The van der Waals surface area contributed by atoms with E-state index in [0.29, 0.717) is 68.8 Å². The van der Waals surface area contributed by atoms with Gasteiger partial charge in [0, 0.05) is 43.2 Å². The normalized spacial score (nSPS) is 22.7. The summed E-state index contributed by atoms with van der Waals surface area (Å²) < 4.78 is 33.1. The molecule has 0 bridgehead atoms. The molecule has 13 nitrogen and oxygen atoms in total. The minimum atomic E-state index is -5.01. The number of unbranched alkanes of at least 4 members (excludes halogenated alkanes) is 6. The molecule has 0 saturated carbocycles. The van der Waals surface area contributed by atoms with E-state index in [1.54, 1.807) is 0 Å². The van der Waals surface area contributed by atoms with E-state index in [1.165, 1.54) is 0 Å². The second-order valence-corrected chi connectivity index (χ2v) is 14.1. The number of imide groups is 1. The van der Waals surface area contributed by atoms with Crippen molar-refractivity contribution >= 4 is 51.4 Å². The standard InChI is InChI=1S/C28H44N4O9S2.Na/c1-19-30-21-18-42-22(27(21)31-19)13-8-9-14-24(34)29-16-10-4-6-12-20(33)11-5-2-3-7-15-26(36)41-32-25(35)17-23(28(32)37)43(38,39)40;/h21-23,27,30-31H,1-18H2,(H,29,34)(H,38,39,40);/q;+1/p-1. The van der Waals surface area contributed by atoms with Crippen LogP contribution in [0.3, 0.4) is 0 Å². The Hall–Kier alpha value is -1.65. The molecular formula is C28H43N4NaO9S2. The number of rotatable bonds is 20. The molecule has 0 aromatic heterocycles. The van der Waals surface area contributed by atoms with Gasteiger partial charge < -0.3 is 25.3 Å². The van der Waals surface area contributed by atoms with E-state index >= 15 is 0 Å². The molecule has 44 heavy (non-hydrogen) atoms. The number of carbonyl (C=O) groups excluding carboxylic acids is 5. The van der Waals surface area contributed by atoms with Crippen molar-refractivity contribution in [2.45, 2.75) is 119 Å². The molecule has 3 aliphatic rings. The summed E-state index contributed by atoms with van der Waals surface area (Å²) in [7, 11) is -5.01. The van der Waals surface area contributed by atoms with Gasteiger partial charge in [-0.15, -0.1) is 5.06 Å². The van der Waals surface area contributed by atoms with Crippen LogP contribution in [0.2, 0.25) is 0 Å². The van der Waals surface area contributed by atoms with Gasteiger partial charge in [-0.2, -0.15) is 11.8 Å². The van der Waals surface area contributed by atoms with E-state index in [4.69, 9.17) is 0 Å². The zero-order valence-corrected chi connectivity index (χ0v) is 29.1. The van der Waals surface area contributed by atoms with Gasteiger partial charge in [-0.3, -0.25) is 19.2 Å². The van der Waals surface area contributed by atoms with E-state index in [0.717, 1.165) is 50.1 Å². The Morgan fingerprint density at radius 1 is 0.955 bits per heavy atom. The molecule has 3 fully saturated rings. The molecule has 3 aliphatic heterocycles. The van der Waals surface area contributed by atoms with Crippen LogP contribution in [-0.4, -0.2) is 82.4 Å². The van der Waals surface area contributed by atoms with E-state index in [-0.39, 0.29) is 52.7 Å². The number of fused-ring (bicyclic) bond motifs is 1. The van der Waals surface area contributed by atoms with Crippen molar-refractivity contribution in [1.82, 2.24) is 21.0 Å². The van der Waals surface area contributed by atoms with Crippen LogP contribution in [0.1, 0.15) is 96.3 Å². The first-order valence-electron chi connectivity index (χ1n) is 15.1. The van der Waals surface area contributed by atoms with Gasteiger partial charge in [-0.05, 0) is 38.5 Å². The predicted molar refractivity (Wildman–Crippen MR) is 158 cm³/mol. The first kappa shape index (κ1) is 38.5. The zero-order valence-electron chi connectivity index (χ0n) is 25.5. The van der Waals surface area contributed by atoms with Gasteiger partial charge in [0.1, 0.15) is 21.2 Å². The van der Waals surface area contributed by atoms with Gasteiger partial charge in [0.15, 0.2) is 0 Å². The average Bonchev–Trinajstić information content (AvgIpc) is 3.58. The molecule has 0 aromatic carbocycles. The van der Waals surface area contributed by atoms with Crippen LogP contribution in [0.25, 0.3) is 0 Å². The van der Waals surface area contributed by atoms with Crippen molar-refractivity contribution in [3.8, 4) is 0 Å². The Bertz CT molecular complexity index is 1150. The molecule has 0 radical (unpaired) electrons. The van der Waals surface area contributed by atoms with Crippen LogP contribution in [-0.2, 0) is 38.9 Å². The summed E-state index contributed by atoms with van der Waals surface area (Å²) in [4.78, 5) is 64.3. The van der Waals surface area contributed by atoms with Crippen LogP contribution >= 0.6 is 11.8 Å². The van der Waals surface area contributed by atoms with E-state index < -0.39 is 39.6 Å². The number of amides is 3. The molecule has 3 amide bonds. The van der Waals surface area contributed by atoms with Gasteiger partial charge in [0.2, 0.25) is 5.91 Å². The largest absolute Gasteiger partial charge is 1.00 e. The van der Waals surface area contributed by atoms with Gasteiger partial charge in [0.25, 0.3) is 11.8 Å². The summed E-state index contributed by atoms with van der Waals surface area (Å²) in [6.45, 7) is 4.57. The molecule has 0 spiro atoms. The third-order valence-corrected chi connectivity index (χ3v) is 10.4. The van der Waals surface area contributed by atoms with Gasteiger partial charge in [-0.1, -0.05) is 32.3 Å². The molecular weight excluding hydrogens is 623 g/mol. The Balaban J connectivity index is 0.00000675. The molecule has 3 heterocycles. The smallest absolute Gasteiger partial charge is 0.747 e. The number of ketones is 1. The number of nitrogens with zero attached hydrogens (tertiary/aromatic N) is 1. The van der Waals surface area contributed by atoms with Crippen molar-refractivity contribution in [3.63, 3.8) is 0 Å². The second-order valence-electron chi connectivity index (χ2n) is 11.3. The fourth-order valence-electron chi connectivity index (χ4n) is 5.44. The maximum Gasteiger partial charge on any atom is 1.00 e. The zero-order chi connectivity index (χ0) is 31.4. The number of Topliss-reactive ketones (excluding diaryl/α,β-unsaturated/α-hetero) is 1. The van der Waals surface area contributed by atoms with E-state index in [1.807, 2.05) is 11.8 Å². The summed E-state index contributed by atoms with van der Waals surface area (Å²) in [5, 5.41) is 8.33. The minimum absolute atomic E-state index is 0. The Morgan fingerprint density at radius 3 is 2.25 bits per heavy atom. The molecule has 0 aliphatic carbocycles. The number of carbonyl (C=O) groups is 5. The monoisotopic (exact) mass is 666 g/mol. The third-order valence-electron chi connectivity index (χ3n) is 7.81. The molecule has 3 rings (SSSR count). The third kappa shape index (κ3) is 12.6. The number of hydrogen-bond acceptors (Lipinski definition) is 12. The van der Waals surface area contributed by atoms with Crippen molar-refractivity contribution < 1.29 is 71.3 Å². The van der Waals surface area contributed by atoms with Crippen LogP contribution in [0, 0.1) is 0 Å². The van der Waals surface area contributed by atoms with Gasteiger partial charge in [-0.25, -0.2) is 13.2 Å². The summed E-state index contributed by atoms with van der Waals surface area (Å²) in [6, 6.07) is 0.915. The van der Waals surface area contributed by atoms with Crippen molar-refractivity contribution in [2.24, 2.45) is 0 Å². The Labute approximate surface area is 285 Å². The Kier molecular flexibility index (Phi) is 16.7. The van der Waals surface area contributed by atoms with E-state index in [2.05, 4.69) is 27.4 Å². The molecule has 3 saturated heterocycles. The summed E-state index contributed by atoms with van der Waals surface area (Å²) >= 11 is 1.99. The number of nitrogens with one attached hydrogen (secondary N) is 3. The molecule has 4 atom stereocenters. The maximum absolute atomic E-state index is 12.1. The van der Waals surface area contributed by atoms with Crippen molar-refractivity contribution in [2.75, 3.05) is 12.3 Å². The fourth-order valence-corrected chi connectivity index (χ4v) is 7.67. The number of hydroxylamine groups is 2. The minimum Gasteiger partial charge on any atom is -0.747 e. The van der Waals surface area contributed by atoms with Gasteiger partial charge in [0.05, 0.1) is 24.3 Å². The number of thioether (sulfide) groups is 1.